The minimum atomic E-state index is -3.59. The van der Waals surface area contributed by atoms with Crippen molar-refractivity contribution in [3.05, 3.63) is 17.7 Å². The first kappa shape index (κ1) is 20.0. The van der Waals surface area contributed by atoms with Gasteiger partial charge in [0.25, 0.3) is 0 Å². The topological polar surface area (TPSA) is 76.1 Å². The first-order chi connectivity index (χ1) is 11.8. The Balaban J connectivity index is 2.67. The summed E-state index contributed by atoms with van der Waals surface area (Å²) in [6.45, 7) is 5.81. The second-order valence-corrected chi connectivity index (χ2v) is 8.66. The Bertz CT molecular complexity index is 718. The van der Waals surface area contributed by atoms with Crippen molar-refractivity contribution in [1.29, 1.82) is 0 Å². The van der Waals surface area contributed by atoms with Crippen LogP contribution >= 0.6 is 0 Å². The van der Waals surface area contributed by atoms with Crippen LogP contribution in [0.1, 0.15) is 58.1 Å². The van der Waals surface area contributed by atoms with E-state index >= 15 is 0 Å². The monoisotopic (exact) mass is 371 g/mol. The molecule has 0 saturated carbocycles. The maximum atomic E-state index is 13.2. The van der Waals surface area contributed by atoms with E-state index in [4.69, 9.17) is 9.47 Å². The van der Waals surface area contributed by atoms with Crippen LogP contribution in [0.15, 0.2) is 17.0 Å². The first-order valence-electron chi connectivity index (χ1n) is 8.73. The Morgan fingerprint density at radius 1 is 1.24 bits per heavy atom. The number of ether oxygens (including phenoxy) is 2. The molecule has 2 rings (SSSR count). The maximum Gasteiger partial charge on any atom is 0.180 e. The van der Waals surface area contributed by atoms with Crippen LogP contribution in [0.5, 0.6) is 11.5 Å². The number of fused-ring (bicyclic) bond motifs is 1. The molecule has 0 bridgehead atoms. The van der Waals surface area contributed by atoms with Crippen LogP contribution in [-0.4, -0.2) is 44.2 Å². The van der Waals surface area contributed by atoms with Crippen LogP contribution in [0.25, 0.3) is 0 Å². The third kappa shape index (κ3) is 3.50. The average Bonchev–Trinajstić information content (AvgIpc) is 2.67. The summed E-state index contributed by atoms with van der Waals surface area (Å²) in [5.74, 6) is 0.716. The van der Waals surface area contributed by atoms with Gasteiger partial charge < -0.3 is 14.7 Å². The third-order valence-electron chi connectivity index (χ3n) is 5.27. The summed E-state index contributed by atoms with van der Waals surface area (Å²) in [5, 5.41) is 12.2. The van der Waals surface area contributed by atoms with Crippen LogP contribution in [0.3, 0.4) is 0 Å². The number of methoxy groups -OCH3 is 2. The molecule has 1 aliphatic heterocycles. The Labute approximate surface area is 150 Å². The third-order valence-corrected chi connectivity index (χ3v) is 7.21. The molecule has 1 aromatic rings. The van der Waals surface area contributed by atoms with Gasteiger partial charge in [-0.25, -0.2) is 8.42 Å². The van der Waals surface area contributed by atoms with Gasteiger partial charge in [-0.1, -0.05) is 26.7 Å². The zero-order chi connectivity index (χ0) is 18.8. The van der Waals surface area contributed by atoms with Gasteiger partial charge in [0, 0.05) is 6.07 Å². The van der Waals surface area contributed by atoms with E-state index in [9.17, 15) is 13.6 Å². The van der Waals surface area contributed by atoms with Crippen molar-refractivity contribution in [2.75, 3.05) is 20.0 Å². The lowest BCUT2D eigenvalue weighted by atomic mass is 9.89. The van der Waals surface area contributed by atoms with Gasteiger partial charge >= 0.3 is 0 Å². The van der Waals surface area contributed by atoms with E-state index in [2.05, 4.69) is 6.92 Å². The summed E-state index contributed by atoms with van der Waals surface area (Å²) in [7, 11) is -0.602. The molecule has 6 nitrogen and oxygen atoms in total. The molecule has 0 unspecified atom stereocenters. The number of hydroxylamine groups is 2. The number of benzene rings is 1. The molecule has 0 saturated heterocycles. The lowest BCUT2D eigenvalue weighted by molar-refractivity contribution is -0.198. The number of hydrogen-bond donors (Lipinski definition) is 1. The quantitative estimate of drug-likeness (QED) is 0.824. The highest BCUT2D eigenvalue weighted by Crippen LogP contribution is 2.44. The molecule has 142 valence electrons. The van der Waals surface area contributed by atoms with E-state index in [0.717, 1.165) is 12.8 Å². The minimum absolute atomic E-state index is 0.111. The van der Waals surface area contributed by atoms with Crippen LogP contribution in [0.2, 0.25) is 0 Å². The Morgan fingerprint density at radius 3 is 2.36 bits per heavy atom. The first-order valence-corrected chi connectivity index (χ1v) is 10.4. The highest BCUT2D eigenvalue weighted by molar-refractivity contribution is 7.91. The summed E-state index contributed by atoms with van der Waals surface area (Å²) in [5.41, 5.74) is -0.264. The molecule has 25 heavy (non-hydrogen) atoms. The maximum absolute atomic E-state index is 13.2. The average molecular weight is 371 g/mol. The molecule has 2 atom stereocenters. The fourth-order valence-electron chi connectivity index (χ4n) is 3.65. The summed E-state index contributed by atoms with van der Waals surface area (Å²) in [6.07, 6.45) is 2.98. The fourth-order valence-corrected chi connectivity index (χ4v) is 5.86. The van der Waals surface area contributed by atoms with Crippen LogP contribution in [-0.2, 0) is 9.84 Å². The Hall–Kier alpha value is -1.31. The van der Waals surface area contributed by atoms with E-state index in [1.54, 1.807) is 6.07 Å². The van der Waals surface area contributed by atoms with Crippen molar-refractivity contribution in [3.8, 4) is 11.5 Å². The second kappa shape index (κ2) is 7.51. The van der Waals surface area contributed by atoms with Crippen molar-refractivity contribution < 1.29 is 23.1 Å². The number of nitrogens with zero attached hydrogens (tertiary/aromatic N) is 1. The summed E-state index contributed by atoms with van der Waals surface area (Å²) in [6, 6.07) is 2.70. The predicted molar refractivity (Wildman–Crippen MR) is 96.2 cm³/mol. The van der Waals surface area contributed by atoms with Gasteiger partial charge in [0.05, 0.1) is 36.4 Å². The van der Waals surface area contributed by atoms with Crippen LogP contribution in [0, 0.1) is 0 Å². The lowest BCUT2D eigenvalue weighted by Crippen LogP contribution is -2.50. The van der Waals surface area contributed by atoms with E-state index in [1.807, 2.05) is 13.8 Å². The molecule has 1 aromatic carbocycles. The van der Waals surface area contributed by atoms with Crippen molar-refractivity contribution in [2.24, 2.45) is 0 Å². The van der Waals surface area contributed by atoms with Gasteiger partial charge in [-0.2, -0.15) is 5.06 Å². The summed E-state index contributed by atoms with van der Waals surface area (Å²) >= 11 is 0. The fraction of sp³-hybridized carbons (Fsp3) is 0.667. The Morgan fingerprint density at radius 2 is 1.84 bits per heavy atom. The zero-order valence-electron chi connectivity index (χ0n) is 15.7. The van der Waals surface area contributed by atoms with Gasteiger partial charge in [-0.3, -0.25) is 0 Å². The molecule has 0 radical (unpaired) electrons. The molecule has 1 heterocycles. The summed E-state index contributed by atoms with van der Waals surface area (Å²) < 4.78 is 36.9. The molecule has 0 aliphatic carbocycles. The minimum Gasteiger partial charge on any atom is -0.493 e. The van der Waals surface area contributed by atoms with Crippen molar-refractivity contribution >= 4 is 9.84 Å². The molecule has 0 fully saturated rings. The molecular formula is C18H29NO5S. The highest BCUT2D eigenvalue weighted by atomic mass is 32.2. The van der Waals surface area contributed by atoms with E-state index < -0.39 is 21.4 Å². The summed E-state index contributed by atoms with van der Waals surface area (Å²) in [4.78, 5) is 0.212. The molecule has 1 N–H and O–H groups in total. The van der Waals surface area contributed by atoms with Crippen molar-refractivity contribution in [2.45, 2.75) is 62.9 Å². The van der Waals surface area contributed by atoms with Crippen LogP contribution in [0.4, 0.5) is 0 Å². The Kier molecular flexibility index (Phi) is 6.01. The van der Waals surface area contributed by atoms with Crippen LogP contribution < -0.4 is 9.47 Å². The molecule has 7 heteroatoms. The predicted octanol–water partition coefficient (Wildman–Crippen LogP) is 3.58. The SMILES string of the molecule is CCCC[C@]1(CC)CS(=O)(=O)c2cc(OC)c(OC)cc2[C@@H](C)N1O. The van der Waals surface area contributed by atoms with Crippen molar-refractivity contribution in [3.63, 3.8) is 0 Å². The molecule has 0 spiro atoms. The standard InChI is InChI=1S/C18H29NO5S/c1-6-8-9-18(7-2)12-25(21,22)17-11-16(24-5)15(23-4)10-14(17)13(3)19(18)20/h10-11,13,20H,6-9,12H2,1-5H3/t13-,18-/m1/s1. The molecular weight excluding hydrogens is 342 g/mol. The smallest absolute Gasteiger partial charge is 0.180 e. The number of rotatable bonds is 6. The van der Waals surface area contributed by atoms with Gasteiger partial charge in [0.15, 0.2) is 21.3 Å². The van der Waals surface area contributed by atoms with E-state index in [1.165, 1.54) is 25.3 Å². The largest absolute Gasteiger partial charge is 0.493 e. The molecule has 0 aromatic heterocycles. The second-order valence-electron chi connectivity index (χ2n) is 6.71. The van der Waals surface area contributed by atoms with Gasteiger partial charge in [-0.05, 0) is 31.4 Å². The van der Waals surface area contributed by atoms with Crippen molar-refractivity contribution in [1.82, 2.24) is 5.06 Å². The number of unbranched alkanes of at least 4 members (excludes halogenated alkanes) is 1. The van der Waals surface area contributed by atoms with Gasteiger partial charge in [0.2, 0.25) is 0 Å². The molecule has 0 amide bonds. The van der Waals surface area contributed by atoms with E-state index in [-0.39, 0.29) is 10.6 Å². The lowest BCUT2D eigenvalue weighted by Gasteiger charge is -2.40. The normalized spacial score (nSPS) is 25.9. The zero-order valence-corrected chi connectivity index (χ0v) is 16.5. The number of hydrogen-bond acceptors (Lipinski definition) is 6. The van der Waals surface area contributed by atoms with E-state index in [0.29, 0.717) is 29.9 Å². The van der Waals surface area contributed by atoms with Gasteiger partial charge in [0.1, 0.15) is 0 Å². The highest BCUT2D eigenvalue weighted by Gasteiger charge is 2.46. The number of sulfone groups is 1. The van der Waals surface area contributed by atoms with Gasteiger partial charge in [-0.15, -0.1) is 0 Å². The molecule has 1 aliphatic rings.